The Morgan fingerprint density at radius 3 is 2.79 bits per heavy atom. The molecule has 2 N–H and O–H groups in total. The lowest BCUT2D eigenvalue weighted by Crippen LogP contribution is -2.00. The van der Waals surface area contributed by atoms with Gasteiger partial charge in [0, 0.05) is 12.1 Å². The van der Waals surface area contributed by atoms with Crippen molar-refractivity contribution in [3.8, 4) is 17.5 Å². The lowest BCUT2D eigenvalue weighted by molar-refractivity contribution is 0.323. The third kappa shape index (κ3) is 3.26. The number of nitrogen functional groups attached to an aromatic ring is 1. The van der Waals surface area contributed by atoms with Gasteiger partial charge in [-0.3, -0.25) is 0 Å². The van der Waals surface area contributed by atoms with Gasteiger partial charge in [0.2, 0.25) is 11.8 Å². The molecule has 4 nitrogen and oxygen atoms in total. The maximum absolute atomic E-state index is 13.0. The van der Waals surface area contributed by atoms with E-state index in [1.54, 1.807) is 12.1 Å². The van der Waals surface area contributed by atoms with Crippen LogP contribution in [-0.2, 0) is 0 Å². The molecule has 0 fully saturated rings. The Bertz CT molecular complexity index is 593. The Balaban J connectivity index is 2.22. The maximum Gasteiger partial charge on any atom is 0.240 e. The van der Waals surface area contributed by atoms with E-state index in [-0.39, 0.29) is 5.02 Å². The van der Waals surface area contributed by atoms with Crippen LogP contribution in [0.3, 0.4) is 0 Å². The molecule has 1 aromatic heterocycles. The van der Waals surface area contributed by atoms with Crippen molar-refractivity contribution in [2.45, 2.75) is 6.92 Å². The average molecular weight is 283 g/mol. The number of aromatic nitrogens is 1. The molecular weight excluding hydrogens is 271 g/mol. The first-order chi connectivity index (χ1) is 9.10. The summed E-state index contributed by atoms with van der Waals surface area (Å²) in [5, 5.41) is -0.0158. The molecule has 2 rings (SSSR count). The summed E-state index contributed by atoms with van der Waals surface area (Å²) in [6.07, 6.45) is 0. The number of halogens is 2. The van der Waals surface area contributed by atoms with Crippen molar-refractivity contribution < 1.29 is 13.9 Å². The first kappa shape index (κ1) is 13.4. The lowest BCUT2D eigenvalue weighted by atomic mass is 10.3. The zero-order valence-corrected chi connectivity index (χ0v) is 10.9. The van der Waals surface area contributed by atoms with Gasteiger partial charge in [-0.1, -0.05) is 11.6 Å². The normalized spacial score (nSPS) is 10.3. The molecule has 0 unspecified atom stereocenters. The average Bonchev–Trinajstić information content (AvgIpc) is 2.38. The number of hydrogen-bond donors (Lipinski definition) is 1. The van der Waals surface area contributed by atoms with Gasteiger partial charge in [-0.15, -0.1) is 0 Å². The number of hydrogen-bond acceptors (Lipinski definition) is 4. The van der Waals surface area contributed by atoms with Crippen molar-refractivity contribution >= 4 is 17.3 Å². The smallest absolute Gasteiger partial charge is 0.240 e. The van der Waals surface area contributed by atoms with Gasteiger partial charge in [0.1, 0.15) is 11.6 Å². The van der Waals surface area contributed by atoms with E-state index in [9.17, 15) is 4.39 Å². The van der Waals surface area contributed by atoms with Crippen LogP contribution in [0.5, 0.6) is 17.5 Å². The van der Waals surface area contributed by atoms with Gasteiger partial charge >= 0.3 is 0 Å². The summed E-state index contributed by atoms with van der Waals surface area (Å²) in [6.45, 7) is 2.28. The second kappa shape index (κ2) is 5.75. The molecule has 0 aliphatic heterocycles. The van der Waals surface area contributed by atoms with Crippen LogP contribution < -0.4 is 15.2 Å². The van der Waals surface area contributed by atoms with Crippen molar-refractivity contribution in [1.29, 1.82) is 0 Å². The van der Waals surface area contributed by atoms with Crippen LogP contribution in [0.1, 0.15) is 6.92 Å². The molecule has 2 aromatic rings. The van der Waals surface area contributed by atoms with E-state index in [4.69, 9.17) is 26.8 Å². The zero-order chi connectivity index (χ0) is 13.8. The van der Waals surface area contributed by atoms with Gasteiger partial charge in [-0.2, -0.15) is 4.98 Å². The summed E-state index contributed by atoms with van der Waals surface area (Å²) in [4.78, 5) is 4.10. The summed E-state index contributed by atoms with van der Waals surface area (Å²) in [7, 11) is 0. The van der Waals surface area contributed by atoms with Crippen LogP contribution in [-0.4, -0.2) is 11.6 Å². The minimum absolute atomic E-state index is 0.0158. The molecule has 0 aliphatic carbocycles. The number of rotatable bonds is 4. The van der Waals surface area contributed by atoms with Gasteiger partial charge in [0.25, 0.3) is 0 Å². The molecule has 0 spiro atoms. The molecule has 0 atom stereocenters. The fraction of sp³-hybridized carbons (Fsp3) is 0.154. The first-order valence-corrected chi connectivity index (χ1v) is 6.00. The van der Waals surface area contributed by atoms with Crippen LogP contribution in [0.15, 0.2) is 30.3 Å². The zero-order valence-electron chi connectivity index (χ0n) is 10.2. The van der Waals surface area contributed by atoms with Gasteiger partial charge in [-0.25, -0.2) is 4.39 Å². The van der Waals surface area contributed by atoms with Gasteiger partial charge in [0.15, 0.2) is 0 Å². The number of benzene rings is 1. The molecule has 0 radical (unpaired) electrons. The molecule has 100 valence electrons. The van der Waals surface area contributed by atoms with Crippen molar-refractivity contribution in [2.75, 3.05) is 12.3 Å². The molecular formula is C13H12ClFN2O2. The molecule has 0 saturated carbocycles. The monoisotopic (exact) mass is 282 g/mol. The van der Waals surface area contributed by atoms with Gasteiger partial charge in [-0.05, 0) is 25.1 Å². The van der Waals surface area contributed by atoms with Crippen LogP contribution >= 0.6 is 11.6 Å². The molecule has 1 heterocycles. The molecule has 0 aliphatic rings. The largest absolute Gasteiger partial charge is 0.476 e. The summed E-state index contributed by atoms with van der Waals surface area (Å²) >= 11 is 5.67. The van der Waals surface area contributed by atoms with E-state index in [1.165, 1.54) is 18.2 Å². The fourth-order valence-electron chi connectivity index (χ4n) is 1.40. The molecule has 1 aromatic carbocycles. The van der Waals surface area contributed by atoms with Gasteiger partial charge < -0.3 is 15.2 Å². The second-order valence-corrected chi connectivity index (χ2v) is 4.06. The predicted octanol–water partition coefficient (Wildman–Crippen LogP) is 3.65. The minimum Gasteiger partial charge on any atom is -0.476 e. The van der Waals surface area contributed by atoms with E-state index in [0.717, 1.165) is 0 Å². The quantitative estimate of drug-likeness (QED) is 0.930. The highest BCUT2D eigenvalue weighted by atomic mass is 35.5. The number of nitrogens with zero attached hydrogens (tertiary/aromatic N) is 1. The Morgan fingerprint density at radius 1 is 1.32 bits per heavy atom. The molecule has 19 heavy (non-hydrogen) atoms. The fourth-order valence-corrected chi connectivity index (χ4v) is 1.58. The third-order valence-corrected chi connectivity index (χ3v) is 2.55. The second-order valence-electron chi connectivity index (χ2n) is 3.65. The number of nitrogens with two attached hydrogens (primary N) is 1. The van der Waals surface area contributed by atoms with Crippen LogP contribution in [0.2, 0.25) is 5.02 Å². The Kier molecular flexibility index (Phi) is 4.06. The maximum atomic E-state index is 13.0. The molecule has 0 amide bonds. The van der Waals surface area contributed by atoms with Crippen molar-refractivity contribution in [1.82, 2.24) is 4.98 Å². The van der Waals surface area contributed by atoms with Crippen LogP contribution in [0, 0.1) is 5.82 Å². The highest BCUT2D eigenvalue weighted by Crippen LogP contribution is 2.28. The van der Waals surface area contributed by atoms with E-state index >= 15 is 0 Å². The lowest BCUT2D eigenvalue weighted by Gasteiger charge is -2.09. The number of ether oxygens (including phenoxy) is 2. The van der Waals surface area contributed by atoms with E-state index < -0.39 is 5.82 Å². The Labute approximate surface area is 114 Å². The number of anilines is 1. The first-order valence-electron chi connectivity index (χ1n) is 5.62. The van der Waals surface area contributed by atoms with Crippen molar-refractivity contribution in [2.24, 2.45) is 0 Å². The van der Waals surface area contributed by atoms with E-state index in [2.05, 4.69) is 4.98 Å². The van der Waals surface area contributed by atoms with Crippen LogP contribution in [0.4, 0.5) is 10.1 Å². The molecule has 0 bridgehead atoms. The highest BCUT2D eigenvalue weighted by Gasteiger charge is 2.07. The van der Waals surface area contributed by atoms with Crippen molar-refractivity contribution in [3.05, 3.63) is 41.2 Å². The van der Waals surface area contributed by atoms with E-state index in [1.807, 2.05) is 6.92 Å². The highest BCUT2D eigenvalue weighted by molar-refractivity contribution is 6.30. The third-order valence-electron chi connectivity index (χ3n) is 2.26. The SMILES string of the molecule is CCOc1nc(Oc2ccc(F)c(Cl)c2)ccc1N. The summed E-state index contributed by atoms with van der Waals surface area (Å²) in [5.41, 5.74) is 6.12. The number of pyridine rings is 1. The Morgan fingerprint density at radius 2 is 2.11 bits per heavy atom. The summed E-state index contributed by atoms with van der Waals surface area (Å²) < 4.78 is 23.7. The molecule has 6 heteroatoms. The predicted molar refractivity (Wildman–Crippen MR) is 71.3 cm³/mol. The van der Waals surface area contributed by atoms with Gasteiger partial charge in [0.05, 0.1) is 17.3 Å². The van der Waals surface area contributed by atoms with E-state index in [0.29, 0.717) is 29.8 Å². The summed E-state index contributed by atoms with van der Waals surface area (Å²) in [6, 6.07) is 7.26. The van der Waals surface area contributed by atoms with Crippen LogP contribution in [0.25, 0.3) is 0 Å². The summed E-state index contributed by atoms with van der Waals surface area (Å²) in [5.74, 6) is 0.467. The van der Waals surface area contributed by atoms with Crippen molar-refractivity contribution in [3.63, 3.8) is 0 Å². The minimum atomic E-state index is -0.505. The molecule has 0 saturated heterocycles. The standard InChI is InChI=1S/C13H12ClFN2O2/c1-2-18-13-11(16)5-6-12(17-13)19-8-3-4-10(15)9(14)7-8/h3-7H,2,16H2,1H3. The Hall–Kier alpha value is -2.01. The topological polar surface area (TPSA) is 57.4 Å².